The number of nitrogens with zero attached hydrogens (tertiary/aromatic N) is 9. The molecule has 1 amide bonds. The third-order valence-corrected chi connectivity index (χ3v) is 22.6. The van der Waals surface area contributed by atoms with Gasteiger partial charge in [0.2, 0.25) is 0 Å². The second kappa shape index (κ2) is 22.9. The molecule has 2 unspecified atom stereocenters. The van der Waals surface area contributed by atoms with Gasteiger partial charge in [-0.05, 0) is 182 Å². The first-order chi connectivity index (χ1) is 33.9. The second-order valence-corrected chi connectivity index (χ2v) is 31.0. The van der Waals surface area contributed by atoms with E-state index in [9.17, 15) is 13.9 Å². The van der Waals surface area contributed by atoms with Crippen molar-refractivity contribution in [2.75, 3.05) is 40.9 Å². The predicted molar refractivity (Wildman–Crippen MR) is 310 cm³/mol. The van der Waals surface area contributed by atoms with Gasteiger partial charge < -0.3 is 23.6 Å². The quantitative estimate of drug-likeness (QED) is 0.101. The van der Waals surface area contributed by atoms with Crippen LogP contribution in [0.25, 0.3) is 0 Å². The number of anilines is 4. The Morgan fingerprint density at radius 2 is 1.08 bits per heavy atom. The summed E-state index contributed by atoms with van der Waals surface area (Å²) in [5, 5.41) is 1.65. The third-order valence-electron chi connectivity index (χ3n) is 14.0. The fraction of sp³-hybridized carbons (Fsp3) is 0.612. The topological polar surface area (TPSA) is 184 Å². The highest BCUT2D eigenvalue weighted by Gasteiger charge is 2.49. The molecule has 2 aliphatic carbocycles. The maximum atomic E-state index is 14.3. The molecule has 4 aromatic rings. The van der Waals surface area contributed by atoms with Gasteiger partial charge in [-0.3, -0.25) is 0 Å². The van der Waals surface area contributed by atoms with Crippen LogP contribution in [0.5, 0.6) is 0 Å². The normalized spacial score (nSPS) is 21.1. The van der Waals surface area contributed by atoms with Crippen molar-refractivity contribution in [1.29, 1.82) is 0 Å². The van der Waals surface area contributed by atoms with Gasteiger partial charge in [-0.15, -0.1) is 9.44 Å². The fourth-order valence-corrected chi connectivity index (χ4v) is 15.6. The summed E-state index contributed by atoms with van der Waals surface area (Å²) in [7, 11) is 0. The van der Waals surface area contributed by atoms with Crippen molar-refractivity contribution in [2.45, 2.75) is 174 Å². The number of halogens is 4. The Morgan fingerprint density at radius 1 is 0.694 bits per heavy atom. The summed E-state index contributed by atoms with van der Waals surface area (Å²) in [6.45, 7) is 20.8. The van der Waals surface area contributed by atoms with E-state index in [1.165, 1.54) is 28.4 Å². The molecule has 4 atom stereocenters. The number of carbonyl (C=O) groups is 1. The SMILES string of the molecule is CC(C)(C)OC(=O)N(c1nccc(Sc2ncc(N3CCC4(CCC[C@H]4N[S+]([O-])C(C)(C)C)CC3)nc2I)c1Cl)c1nccc(Sc2ncc(N3CCC4(CCC[C@H]4N[S+]([O-])C(C)(C)C)CC3)nc2I)c1Cl. The van der Waals surface area contributed by atoms with E-state index in [0.717, 1.165) is 102 Å². The number of hydrogen-bond donors (Lipinski definition) is 2. The second-order valence-electron chi connectivity index (χ2n) is 22.1. The largest absolute Gasteiger partial charge is 0.598 e. The van der Waals surface area contributed by atoms with Crippen LogP contribution >= 0.6 is 91.9 Å². The smallest absolute Gasteiger partial charge is 0.422 e. The van der Waals surface area contributed by atoms with Gasteiger partial charge in [0.1, 0.15) is 44.2 Å². The summed E-state index contributed by atoms with van der Waals surface area (Å²) in [5.41, 5.74) is -0.613. The van der Waals surface area contributed by atoms with Gasteiger partial charge in [0.15, 0.2) is 11.6 Å². The molecule has 0 bridgehead atoms. The number of hydrogen-bond acceptors (Lipinski definition) is 16. The van der Waals surface area contributed by atoms with Gasteiger partial charge in [0.25, 0.3) is 0 Å². The Kier molecular flexibility index (Phi) is 18.1. The van der Waals surface area contributed by atoms with Crippen LogP contribution in [-0.4, -0.2) is 98.5 Å². The zero-order chi connectivity index (χ0) is 52.0. The number of carbonyl (C=O) groups excluding carboxylic acids is 1. The molecule has 2 saturated heterocycles. The first-order valence-electron chi connectivity index (χ1n) is 24.5. The van der Waals surface area contributed by atoms with E-state index >= 15 is 0 Å². The van der Waals surface area contributed by atoms with Crippen LogP contribution in [0.4, 0.5) is 28.1 Å². The highest BCUT2D eigenvalue weighted by atomic mass is 127. The molecule has 4 aliphatic rings. The molecule has 0 radical (unpaired) electrons. The van der Waals surface area contributed by atoms with Gasteiger partial charge in [0, 0.05) is 71.1 Å². The Hall–Kier alpha value is -1.39. The van der Waals surface area contributed by atoms with Crippen molar-refractivity contribution in [3.8, 4) is 0 Å². The van der Waals surface area contributed by atoms with Crippen molar-refractivity contribution in [1.82, 2.24) is 39.3 Å². The first-order valence-corrected chi connectivity index (χ1v) is 31.3. The summed E-state index contributed by atoms with van der Waals surface area (Å²) in [6, 6.07) is 4.02. The molecule has 4 fully saturated rings. The van der Waals surface area contributed by atoms with Crippen LogP contribution in [0, 0.1) is 18.2 Å². The molecule has 2 N–H and O–H groups in total. The molecule has 2 aliphatic heterocycles. The van der Waals surface area contributed by atoms with Crippen molar-refractivity contribution in [3.05, 3.63) is 54.4 Å². The molecular formula is C49H65Cl2I2N11O4S4. The number of nitrogens with one attached hydrogen (secondary N) is 2. The summed E-state index contributed by atoms with van der Waals surface area (Å²) in [6.07, 6.45) is 16.6. The number of piperidine rings is 2. The first kappa shape index (κ1) is 56.8. The van der Waals surface area contributed by atoms with E-state index in [1.807, 2.05) is 53.9 Å². The van der Waals surface area contributed by atoms with Crippen molar-refractivity contribution in [3.63, 3.8) is 0 Å². The van der Waals surface area contributed by atoms with Gasteiger partial charge in [-0.25, -0.2) is 39.6 Å². The van der Waals surface area contributed by atoms with Crippen molar-refractivity contribution in [2.24, 2.45) is 10.8 Å². The minimum absolute atomic E-state index is 0.0875. The average molecular weight is 1330 g/mol. The van der Waals surface area contributed by atoms with E-state index in [2.05, 4.69) is 74.4 Å². The number of rotatable bonds is 12. The highest BCUT2D eigenvalue weighted by Crippen LogP contribution is 2.50. The molecule has 72 heavy (non-hydrogen) atoms. The zero-order valence-electron chi connectivity index (χ0n) is 42.3. The predicted octanol–water partition coefficient (Wildman–Crippen LogP) is 12.3. The summed E-state index contributed by atoms with van der Waals surface area (Å²) >= 11 is 19.3. The van der Waals surface area contributed by atoms with Crippen LogP contribution < -0.4 is 24.1 Å². The van der Waals surface area contributed by atoms with Crippen LogP contribution in [0.15, 0.2) is 56.8 Å². The number of aromatic nitrogens is 6. The minimum Gasteiger partial charge on any atom is -0.598 e. The Bertz CT molecular complexity index is 2430. The van der Waals surface area contributed by atoms with E-state index < -0.39 is 34.4 Å². The van der Waals surface area contributed by atoms with E-state index in [0.29, 0.717) is 27.2 Å². The number of pyridine rings is 2. The Balaban J connectivity index is 0.968. The number of amides is 1. The maximum Gasteiger partial charge on any atom is 0.422 e. The summed E-state index contributed by atoms with van der Waals surface area (Å²) < 4.78 is 39.9. The van der Waals surface area contributed by atoms with Gasteiger partial charge in [-0.2, -0.15) is 0 Å². The van der Waals surface area contributed by atoms with Crippen LogP contribution in [-0.2, 0) is 27.5 Å². The lowest BCUT2D eigenvalue weighted by Gasteiger charge is -2.44. The summed E-state index contributed by atoms with van der Waals surface area (Å²) in [5.74, 6) is 1.80. The Labute approximate surface area is 477 Å². The Morgan fingerprint density at radius 3 is 1.43 bits per heavy atom. The van der Waals surface area contributed by atoms with Crippen LogP contribution in [0.2, 0.25) is 10.0 Å². The van der Waals surface area contributed by atoms with E-state index in [1.54, 1.807) is 45.3 Å². The zero-order valence-corrected chi connectivity index (χ0v) is 51.4. The van der Waals surface area contributed by atoms with Crippen molar-refractivity contribution >= 4 is 144 Å². The summed E-state index contributed by atoms with van der Waals surface area (Å²) in [4.78, 5) is 50.2. The molecule has 2 saturated carbocycles. The molecule has 23 heteroatoms. The molecule has 15 nitrogen and oxygen atoms in total. The lowest BCUT2D eigenvalue weighted by Crippen LogP contribution is -2.53. The van der Waals surface area contributed by atoms with Gasteiger partial charge in [-0.1, -0.05) is 59.6 Å². The molecule has 0 aromatic carbocycles. The van der Waals surface area contributed by atoms with Gasteiger partial charge in [0.05, 0.1) is 34.5 Å². The van der Waals surface area contributed by atoms with Crippen LogP contribution in [0.3, 0.4) is 0 Å². The molecule has 392 valence electrons. The molecule has 4 aromatic heterocycles. The molecular weight excluding hydrogens is 1260 g/mol. The van der Waals surface area contributed by atoms with Crippen molar-refractivity contribution < 1.29 is 18.6 Å². The molecule has 8 rings (SSSR count). The lowest BCUT2D eigenvalue weighted by atomic mass is 9.74. The van der Waals surface area contributed by atoms with E-state index in [4.69, 9.17) is 47.9 Å². The van der Waals surface area contributed by atoms with Gasteiger partial charge >= 0.3 is 6.09 Å². The highest BCUT2D eigenvalue weighted by molar-refractivity contribution is 14.1. The maximum absolute atomic E-state index is 14.3. The standard InChI is InChI=1S/C49H65Cl2I2N11O4S4/c1-45(2,3)68-44(65)64(40-36(50)30(14-22-54-40)69-42-38(52)58-34(28-56-42)62-24-18-48(19-25-62)16-10-12-32(48)60-71(66)46(4,5)6)41-37(51)31(15-23-55-41)70-43-39(53)59-35(29-57-43)63-26-20-49(21-27-63)17-11-13-33(49)61-72(67)47(7,8)9/h14-15,22-23,28-29,32-33,60-61H,10-13,16-21,24-27H2,1-9H3/t32-,33-,71?,72?/m1/s1. The lowest BCUT2D eigenvalue weighted by molar-refractivity contribution is 0.0597. The fourth-order valence-electron chi connectivity index (χ4n) is 10.0. The van der Waals surface area contributed by atoms with E-state index in [-0.39, 0.29) is 54.1 Å². The minimum atomic E-state index is -1.11. The monoisotopic (exact) mass is 1320 g/mol. The van der Waals surface area contributed by atoms with Crippen LogP contribution in [0.1, 0.15) is 127 Å². The molecule has 6 heterocycles. The average Bonchev–Trinajstić information content (AvgIpc) is 3.88. The number of ether oxygens (including phenoxy) is 1. The molecule has 2 spiro atoms. The third kappa shape index (κ3) is 13.0.